The van der Waals surface area contributed by atoms with Gasteiger partial charge in [0.2, 0.25) is 0 Å². The van der Waals surface area contributed by atoms with Gasteiger partial charge in [0.1, 0.15) is 5.84 Å². The van der Waals surface area contributed by atoms with Crippen LogP contribution in [0.1, 0.15) is 50.8 Å². The largest absolute Gasteiger partial charge is 0.453 e. The van der Waals surface area contributed by atoms with E-state index in [9.17, 15) is 0 Å². The number of para-hydroxylation sites is 2. The molecule has 3 aliphatic heterocycles. The predicted octanol–water partition coefficient (Wildman–Crippen LogP) is 6.19. The van der Waals surface area contributed by atoms with E-state index < -0.39 is 0 Å². The molecule has 3 aromatic rings. The molecule has 0 saturated carbocycles. The first-order chi connectivity index (χ1) is 17.7. The van der Waals surface area contributed by atoms with E-state index in [0.29, 0.717) is 24.0 Å². The van der Waals surface area contributed by atoms with Crippen LogP contribution in [-0.2, 0) is 6.54 Å². The number of anilines is 2. The standard InChI is InChI=1S/C30H35N5O/c1-3-33(4-2)30(31)21-12-15-27-29(17-21)36-28-11-6-5-10-26(28)35(27)25-18-23-13-14-24(19-25)34(23)20-22-9-7-8-16-32-22/h5-12,15-17,23-25,31H,3-4,13-14,18-20H2,1-2H3/t23-,24+,25?. The van der Waals surface area contributed by atoms with Crippen LogP contribution < -0.4 is 9.64 Å². The summed E-state index contributed by atoms with van der Waals surface area (Å²) in [7, 11) is 0. The van der Waals surface area contributed by atoms with Crippen LogP contribution in [0.4, 0.5) is 11.4 Å². The zero-order chi connectivity index (χ0) is 24.6. The molecular formula is C30H35N5O. The Morgan fingerprint density at radius 1 is 0.917 bits per heavy atom. The van der Waals surface area contributed by atoms with Gasteiger partial charge in [-0.05, 0) is 82.0 Å². The topological polar surface area (TPSA) is 55.7 Å². The maximum absolute atomic E-state index is 8.72. The van der Waals surface area contributed by atoms with Crippen LogP contribution >= 0.6 is 0 Å². The highest BCUT2D eigenvalue weighted by Crippen LogP contribution is 2.51. The molecule has 0 spiro atoms. The lowest BCUT2D eigenvalue weighted by Gasteiger charge is -2.46. The van der Waals surface area contributed by atoms with Crippen molar-refractivity contribution in [1.82, 2.24) is 14.8 Å². The number of nitrogens with zero attached hydrogens (tertiary/aromatic N) is 4. The average molecular weight is 482 g/mol. The fourth-order valence-electron chi connectivity index (χ4n) is 6.44. The fraction of sp³-hybridized carbons (Fsp3) is 0.400. The van der Waals surface area contributed by atoms with Crippen molar-refractivity contribution >= 4 is 17.2 Å². The van der Waals surface area contributed by atoms with Crippen LogP contribution in [0.5, 0.6) is 11.5 Å². The minimum atomic E-state index is 0.416. The zero-order valence-electron chi connectivity index (χ0n) is 21.2. The van der Waals surface area contributed by atoms with Crippen molar-refractivity contribution in [2.75, 3.05) is 18.0 Å². The summed E-state index contributed by atoms with van der Waals surface area (Å²) in [5.41, 5.74) is 4.34. The maximum atomic E-state index is 8.72. The van der Waals surface area contributed by atoms with Gasteiger partial charge in [-0.3, -0.25) is 15.3 Å². The molecule has 6 rings (SSSR count). The average Bonchev–Trinajstić information content (AvgIpc) is 3.14. The molecule has 6 heteroatoms. The summed E-state index contributed by atoms with van der Waals surface area (Å²) in [6.07, 6.45) is 6.68. The van der Waals surface area contributed by atoms with Crippen LogP contribution in [0, 0.1) is 5.41 Å². The monoisotopic (exact) mass is 481 g/mol. The molecule has 186 valence electrons. The van der Waals surface area contributed by atoms with E-state index in [2.05, 4.69) is 82.1 Å². The van der Waals surface area contributed by atoms with Gasteiger partial charge >= 0.3 is 0 Å². The Balaban J connectivity index is 1.31. The van der Waals surface area contributed by atoms with E-state index in [0.717, 1.165) is 66.6 Å². The number of hydrogen-bond donors (Lipinski definition) is 1. The van der Waals surface area contributed by atoms with Gasteiger partial charge in [-0.1, -0.05) is 18.2 Å². The number of nitrogens with one attached hydrogen (secondary N) is 1. The first-order valence-electron chi connectivity index (χ1n) is 13.4. The highest BCUT2D eigenvalue weighted by Gasteiger charge is 2.44. The second-order valence-electron chi connectivity index (χ2n) is 10.1. The van der Waals surface area contributed by atoms with Crippen LogP contribution in [-0.4, -0.2) is 51.8 Å². The van der Waals surface area contributed by atoms with E-state index in [1.165, 1.54) is 12.8 Å². The van der Waals surface area contributed by atoms with Gasteiger partial charge in [-0.2, -0.15) is 0 Å². The van der Waals surface area contributed by atoms with Gasteiger partial charge in [0, 0.05) is 49.5 Å². The summed E-state index contributed by atoms with van der Waals surface area (Å²) in [6, 6.07) is 22.5. The van der Waals surface area contributed by atoms with Gasteiger partial charge in [0.05, 0.1) is 17.1 Å². The molecular weight excluding hydrogens is 446 g/mol. The highest BCUT2D eigenvalue weighted by atomic mass is 16.5. The molecule has 2 bridgehead atoms. The summed E-state index contributed by atoms with van der Waals surface area (Å²) >= 11 is 0. The Labute approximate surface area is 214 Å². The van der Waals surface area contributed by atoms with E-state index in [1.807, 2.05) is 18.3 Å². The third-order valence-corrected chi connectivity index (χ3v) is 8.21. The van der Waals surface area contributed by atoms with Gasteiger partial charge in [0.15, 0.2) is 11.5 Å². The smallest absolute Gasteiger partial charge is 0.151 e. The van der Waals surface area contributed by atoms with Crippen molar-refractivity contribution in [3.05, 3.63) is 78.1 Å². The number of rotatable bonds is 6. The molecule has 36 heavy (non-hydrogen) atoms. The van der Waals surface area contributed by atoms with Crippen molar-refractivity contribution in [1.29, 1.82) is 5.41 Å². The molecule has 3 atom stereocenters. The van der Waals surface area contributed by atoms with Crippen molar-refractivity contribution in [3.63, 3.8) is 0 Å². The summed E-state index contributed by atoms with van der Waals surface area (Å²) in [6.45, 7) is 6.78. The zero-order valence-corrected chi connectivity index (χ0v) is 21.2. The van der Waals surface area contributed by atoms with E-state index in [-0.39, 0.29) is 0 Å². The van der Waals surface area contributed by atoms with E-state index >= 15 is 0 Å². The normalized spacial score (nSPS) is 22.5. The Kier molecular flexibility index (Phi) is 6.13. The van der Waals surface area contributed by atoms with Crippen molar-refractivity contribution in [3.8, 4) is 11.5 Å². The number of benzene rings is 2. The summed E-state index contributed by atoms with van der Waals surface area (Å²) in [5.74, 6) is 2.31. The summed E-state index contributed by atoms with van der Waals surface area (Å²) < 4.78 is 6.43. The van der Waals surface area contributed by atoms with Crippen molar-refractivity contribution in [2.24, 2.45) is 0 Å². The second kappa shape index (κ2) is 9.58. The number of aromatic nitrogens is 1. The Morgan fingerprint density at radius 2 is 1.64 bits per heavy atom. The Hall–Kier alpha value is -3.38. The predicted molar refractivity (Wildman–Crippen MR) is 144 cm³/mol. The van der Waals surface area contributed by atoms with Gasteiger partial charge in [-0.25, -0.2) is 0 Å². The van der Waals surface area contributed by atoms with E-state index in [1.54, 1.807) is 0 Å². The maximum Gasteiger partial charge on any atom is 0.151 e. The molecule has 1 unspecified atom stereocenters. The van der Waals surface area contributed by atoms with Crippen LogP contribution in [0.25, 0.3) is 0 Å². The summed E-state index contributed by atoms with van der Waals surface area (Å²) in [5, 5.41) is 8.72. The molecule has 0 radical (unpaired) electrons. The van der Waals surface area contributed by atoms with Crippen molar-refractivity contribution in [2.45, 2.75) is 64.2 Å². The first kappa shape index (κ1) is 23.0. The molecule has 1 N–H and O–H groups in total. The molecule has 6 nitrogen and oxygen atoms in total. The molecule has 0 amide bonds. The van der Waals surface area contributed by atoms with Crippen LogP contribution in [0.3, 0.4) is 0 Å². The third-order valence-electron chi connectivity index (χ3n) is 8.21. The Bertz CT molecular complexity index is 1230. The first-order valence-corrected chi connectivity index (χ1v) is 13.4. The molecule has 0 aliphatic carbocycles. The fourth-order valence-corrected chi connectivity index (χ4v) is 6.44. The van der Waals surface area contributed by atoms with Gasteiger partial charge in [0.25, 0.3) is 0 Å². The number of fused-ring (bicyclic) bond motifs is 4. The SMILES string of the molecule is CCN(CC)C(=N)c1ccc2c(c1)Oc1ccccc1N2C1C[C@H]2CC[C@@H](C1)N2Cc1ccccn1. The number of pyridine rings is 1. The van der Waals surface area contributed by atoms with Crippen molar-refractivity contribution < 1.29 is 4.74 Å². The second-order valence-corrected chi connectivity index (χ2v) is 10.1. The molecule has 2 aromatic carbocycles. The molecule has 2 fully saturated rings. The lowest BCUT2D eigenvalue weighted by Crippen LogP contribution is -2.49. The molecule has 3 aliphatic rings. The number of hydrogen-bond acceptors (Lipinski definition) is 5. The lowest BCUT2D eigenvalue weighted by molar-refractivity contribution is 0.118. The number of ether oxygens (including phenoxy) is 1. The van der Waals surface area contributed by atoms with Crippen LogP contribution in [0.15, 0.2) is 66.9 Å². The molecule has 1 aromatic heterocycles. The molecule has 2 saturated heterocycles. The molecule has 4 heterocycles. The van der Waals surface area contributed by atoms with Gasteiger partial charge in [-0.15, -0.1) is 0 Å². The minimum absolute atomic E-state index is 0.416. The quantitative estimate of drug-likeness (QED) is 0.336. The van der Waals surface area contributed by atoms with Crippen LogP contribution in [0.2, 0.25) is 0 Å². The summed E-state index contributed by atoms with van der Waals surface area (Å²) in [4.78, 5) is 11.9. The number of piperidine rings is 1. The lowest BCUT2D eigenvalue weighted by atomic mass is 9.93. The van der Waals surface area contributed by atoms with Gasteiger partial charge < -0.3 is 14.5 Å². The highest BCUT2D eigenvalue weighted by molar-refractivity contribution is 5.98. The Morgan fingerprint density at radius 3 is 2.36 bits per heavy atom. The van der Waals surface area contributed by atoms with E-state index in [4.69, 9.17) is 10.1 Å². The third kappa shape index (κ3) is 4.03. The number of amidine groups is 1. The minimum Gasteiger partial charge on any atom is -0.453 e.